The molecule has 8 heteroatoms. The van der Waals surface area contributed by atoms with Gasteiger partial charge in [0.1, 0.15) is 22.6 Å². The molecule has 0 unspecified atom stereocenters. The fourth-order valence-electron chi connectivity index (χ4n) is 3.63. The summed E-state index contributed by atoms with van der Waals surface area (Å²) >= 11 is 6.01. The van der Waals surface area contributed by atoms with E-state index in [0.29, 0.717) is 46.8 Å². The van der Waals surface area contributed by atoms with Gasteiger partial charge in [-0.3, -0.25) is 4.79 Å². The number of ether oxygens (including phenoxy) is 2. The molecule has 2 aromatic carbocycles. The first-order chi connectivity index (χ1) is 14.1. The first-order valence-electron chi connectivity index (χ1n) is 9.42. The predicted molar refractivity (Wildman–Crippen MR) is 111 cm³/mol. The van der Waals surface area contributed by atoms with Crippen LogP contribution < -0.4 is 14.8 Å². The van der Waals surface area contributed by atoms with Crippen LogP contribution in [0.15, 0.2) is 40.8 Å². The zero-order chi connectivity index (χ0) is 20.4. The third-order valence-electron chi connectivity index (χ3n) is 5.03. The second-order valence-electron chi connectivity index (χ2n) is 6.90. The minimum absolute atomic E-state index is 0.0249. The van der Waals surface area contributed by atoms with Crippen molar-refractivity contribution >= 4 is 34.6 Å². The Hall–Kier alpha value is -2.93. The smallest absolute Gasteiger partial charge is 0.295 e. The van der Waals surface area contributed by atoms with E-state index in [9.17, 15) is 4.79 Å². The Morgan fingerprint density at radius 2 is 2.00 bits per heavy atom. The average molecular weight is 416 g/mol. The van der Waals surface area contributed by atoms with Crippen LogP contribution in [0, 0.1) is 0 Å². The van der Waals surface area contributed by atoms with Gasteiger partial charge < -0.3 is 24.1 Å². The number of likely N-dealkylation sites (tertiary alicyclic amines) is 1. The summed E-state index contributed by atoms with van der Waals surface area (Å²) in [6.45, 7) is 1.20. The number of methoxy groups -OCH3 is 2. The highest BCUT2D eigenvalue weighted by Gasteiger charge is 2.29. The Balaban J connectivity index is 1.51. The monoisotopic (exact) mass is 415 g/mol. The van der Waals surface area contributed by atoms with Gasteiger partial charge in [0.05, 0.1) is 14.2 Å². The number of anilines is 1. The lowest BCUT2D eigenvalue weighted by molar-refractivity contribution is 0.0707. The van der Waals surface area contributed by atoms with E-state index in [1.807, 2.05) is 6.07 Å². The van der Waals surface area contributed by atoms with Crippen molar-refractivity contribution in [2.45, 2.75) is 18.9 Å². The summed E-state index contributed by atoms with van der Waals surface area (Å²) in [4.78, 5) is 19.5. The van der Waals surface area contributed by atoms with Gasteiger partial charge in [-0.15, -0.1) is 0 Å². The van der Waals surface area contributed by atoms with E-state index in [0.717, 1.165) is 18.4 Å². The SMILES string of the molecule is COc1cccc(OC)c1C(=O)N1CCC[C@@H](Nc2nc3ccc(Cl)cc3o2)C1. The maximum Gasteiger partial charge on any atom is 0.295 e. The Morgan fingerprint density at radius 1 is 1.24 bits per heavy atom. The molecule has 1 aliphatic heterocycles. The molecular formula is C21H22ClN3O4. The standard InChI is InChI=1S/C21H22ClN3O4/c1-27-16-6-3-7-17(28-2)19(16)20(26)25-10-4-5-14(12-25)23-21-24-15-9-8-13(22)11-18(15)29-21/h3,6-9,11,14H,4-5,10,12H2,1-2H3,(H,23,24)/t14-/m1/s1. The summed E-state index contributed by atoms with van der Waals surface area (Å²) in [6.07, 6.45) is 1.78. The Morgan fingerprint density at radius 3 is 2.72 bits per heavy atom. The number of halogens is 1. The third-order valence-corrected chi connectivity index (χ3v) is 5.26. The summed E-state index contributed by atoms with van der Waals surface area (Å²) in [6, 6.07) is 11.1. The highest BCUT2D eigenvalue weighted by atomic mass is 35.5. The number of oxazole rings is 1. The minimum Gasteiger partial charge on any atom is -0.496 e. The highest BCUT2D eigenvalue weighted by Crippen LogP contribution is 2.31. The first kappa shape index (κ1) is 19.4. The number of carbonyl (C=O) groups is 1. The zero-order valence-corrected chi connectivity index (χ0v) is 17.0. The number of hydrogen-bond acceptors (Lipinski definition) is 6. The molecule has 29 heavy (non-hydrogen) atoms. The molecule has 1 aliphatic rings. The van der Waals surface area contributed by atoms with Crippen molar-refractivity contribution in [3.63, 3.8) is 0 Å². The zero-order valence-electron chi connectivity index (χ0n) is 16.3. The molecule has 0 aliphatic carbocycles. The Bertz CT molecular complexity index is 1010. The van der Waals surface area contributed by atoms with E-state index < -0.39 is 0 Å². The molecule has 0 saturated carbocycles. The molecule has 1 fully saturated rings. The van der Waals surface area contributed by atoms with E-state index >= 15 is 0 Å². The minimum atomic E-state index is -0.116. The molecule has 3 aromatic rings. The number of hydrogen-bond donors (Lipinski definition) is 1. The summed E-state index contributed by atoms with van der Waals surface area (Å²) in [5.41, 5.74) is 1.80. The molecule has 1 atom stereocenters. The molecule has 2 heterocycles. The number of piperidine rings is 1. The van der Waals surface area contributed by atoms with Crippen LogP contribution in [-0.2, 0) is 0 Å². The number of amides is 1. The molecule has 1 aromatic heterocycles. The molecule has 1 N–H and O–H groups in total. The largest absolute Gasteiger partial charge is 0.496 e. The van der Waals surface area contributed by atoms with Gasteiger partial charge >= 0.3 is 0 Å². The van der Waals surface area contributed by atoms with E-state index in [2.05, 4.69) is 10.3 Å². The van der Waals surface area contributed by atoms with Gasteiger partial charge in [0.25, 0.3) is 11.9 Å². The van der Waals surface area contributed by atoms with Crippen molar-refractivity contribution in [1.29, 1.82) is 0 Å². The molecule has 7 nitrogen and oxygen atoms in total. The fourth-order valence-corrected chi connectivity index (χ4v) is 3.80. The molecule has 1 saturated heterocycles. The van der Waals surface area contributed by atoms with Crippen molar-refractivity contribution in [1.82, 2.24) is 9.88 Å². The van der Waals surface area contributed by atoms with E-state index in [1.54, 1.807) is 49.5 Å². The number of fused-ring (bicyclic) bond motifs is 1. The molecule has 1 amide bonds. The third kappa shape index (κ3) is 3.96. The molecule has 152 valence electrons. The number of carbonyl (C=O) groups excluding carboxylic acids is 1. The van der Waals surface area contributed by atoms with E-state index in [4.69, 9.17) is 25.5 Å². The van der Waals surface area contributed by atoms with Crippen LogP contribution in [0.4, 0.5) is 6.01 Å². The molecule has 0 radical (unpaired) electrons. The van der Waals surface area contributed by atoms with Crippen molar-refractivity contribution < 1.29 is 18.7 Å². The van der Waals surface area contributed by atoms with Crippen molar-refractivity contribution in [2.24, 2.45) is 0 Å². The number of rotatable bonds is 5. The van der Waals surface area contributed by atoms with Crippen LogP contribution in [-0.4, -0.2) is 49.1 Å². The van der Waals surface area contributed by atoms with Gasteiger partial charge in [0.15, 0.2) is 5.58 Å². The van der Waals surface area contributed by atoms with E-state index in [-0.39, 0.29) is 11.9 Å². The van der Waals surface area contributed by atoms with Gasteiger partial charge in [-0.2, -0.15) is 4.98 Å². The van der Waals surface area contributed by atoms with Crippen molar-refractivity contribution in [2.75, 3.05) is 32.6 Å². The fraction of sp³-hybridized carbons (Fsp3) is 0.333. The summed E-state index contributed by atoms with van der Waals surface area (Å²) in [7, 11) is 3.09. The number of benzene rings is 2. The van der Waals surface area contributed by atoms with Gasteiger partial charge in [-0.25, -0.2) is 0 Å². The second kappa shape index (κ2) is 8.21. The normalized spacial score (nSPS) is 16.7. The first-order valence-corrected chi connectivity index (χ1v) is 9.79. The average Bonchev–Trinajstić information content (AvgIpc) is 3.13. The predicted octanol–water partition coefficient (Wildman–Crippen LogP) is 4.22. The maximum atomic E-state index is 13.2. The highest BCUT2D eigenvalue weighted by molar-refractivity contribution is 6.31. The van der Waals surface area contributed by atoms with Crippen molar-refractivity contribution in [3.05, 3.63) is 47.0 Å². The molecule has 0 bridgehead atoms. The van der Waals surface area contributed by atoms with Crippen LogP contribution in [0.2, 0.25) is 5.02 Å². The Labute approximate surface area is 173 Å². The maximum absolute atomic E-state index is 13.2. The topological polar surface area (TPSA) is 76.8 Å². The lowest BCUT2D eigenvalue weighted by Crippen LogP contribution is -2.45. The molecular weight excluding hydrogens is 394 g/mol. The summed E-state index contributed by atoms with van der Waals surface area (Å²) < 4.78 is 16.5. The lowest BCUT2D eigenvalue weighted by atomic mass is 10.0. The molecule has 0 spiro atoms. The van der Waals surface area contributed by atoms with Gasteiger partial charge in [-0.1, -0.05) is 17.7 Å². The number of nitrogens with zero attached hydrogens (tertiary/aromatic N) is 2. The number of aromatic nitrogens is 1. The van der Waals surface area contributed by atoms with Crippen LogP contribution in [0.3, 0.4) is 0 Å². The van der Waals surface area contributed by atoms with Gasteiger partial charge in [0, 0.05) is 30.2 Å². The summed E-state index contributed by atoms with van der Waals surface area (Å²) in [5.74, 6) is 0.885. The number of nitrogens with one attached hydrogen (secondary N) is 1. The molecule has 4 rings (SSSR count). The lowest BCUT2D eigenvalue weighted by Gasteiger charge is -2.33. The van der Waals surface area contributed by atoms with E-state index in [1.165, 1.54) is 0 Å². The Kier molecular flexibility index (Phi) is 5.49. The van der Waals surface area contributed by atoms with Crippen LogP contribution >= 0.6 is 11.6 Å². The van der Waals surface area contributed by atoms with Gasteiger partial charge in [-0.05, 0) is 37.1 Å². The van der Waals surface area contributed by atoms with Crippen LogP contribution in [0.25, 0.3) is 11.1 Å². The van der Waals surface area contributed by atoms with Gasteiger partial charge in [0.2, 0.25) is 0 Å². The quantitative estimate of drug-likeness (QED) is 0.672. The van der Waals surface area contributed by atoms with Crippen LogP contribution in [0.5, 0.6) is 11.5 Å². The van der Waals surface area contributed by atoms with Crippen molar-refractivity contribution in [3.8, 4) is 11.5 Å². The second-order valence-corrected chi connectivity index (χ2v) is 7.34. The summed E-state index contributed by atoms with van der Waals surface area (Å²) in [5, 5.41) is 3.90. The van der Waals surface area contributed by atoms with Crippen LogP contribution in [0.1, 0.15) is 23.2 Å².